The van der Waals surface area contributed by atoms with Crippen molar-refractivity contribution >= 4 is 23.4 Å². The number of benzene rings is 1. The third kappa shape index (κ3) is 5.54. The van der Waals surface area contributed by atoms with Crippen molar-refractivity contribution in [3.63, 3.8) is 0 Å². The Labute approximate surface area is 181 Å². The highest BCUT2D eigenvalue weighted by Crippen LogP contribution is 2.27. The quantitative estimate of drug-likeness (QED) is 0.678. The van der Waals surface area contributed by atoms with E-state index in [2.05, 4.69) is 5.32 Å². The molecule has 168 valence electrons. The van der Waals surface area contributed by atoms with Crippen LogP contribution in [0.25, 0.3) is 0 Å². The lowest BCUT2D eigenvalue weighted by atomic mass is 10.1. The monoisotopic (exact) mass is 431 g/mol. The first-order chi connectivity index (χ1) is 15.1. The molecule has 2 atom stereocenters. The first-order valence-corrected chi connectivity index (χ1v) is 10.9. The highest BCUT2D eigenvalue weighted by atomic mass is 16.5. The van der Waals surface area contributed by atoms with E-state index in [0.29, 0.717) is 50.8 Å². The second-order valence-corrected chi connectivity index (χ2v) is 8.06. The topological polar surface area (TPSA) is 97.4 Å². The fourth-order valence-electron chi connectivity index (χ4n) is 4.07. The van der Waals surface area contributed by atoms with Gasteiger partial charge in [-0.1, -0.05) is 0 Å². The minimum Gasteiger partial charge on any atom is -0.484 e. The largest absolute Gasteiger partial charge is 0.484 e. The van der Waals surface area contributed by atoms with E-state index in [0.717, 1.165) is 19.4 Å². The summed E-state index contributed by atoms with van der Waals surface area (Å²) in [5, 5.41) is 2.92. The van der Waals surface area contributed by atoms with Crippen molar-refractivity contribution in [2.24, 2.45) is 5.92 Å². The van der Waals surface area contributed by atoms with E-state index in [1.807, 2.05) is 0 Å². The van der Waals surface area contributed by atoms with E-state index < -0.39 is 0 Å². The molecular formula is C22H29N3O6. The molecule has 0 spiro atoms. The number of nitrogens with one attached hydrogen (secondary N) is 1. The molecular weight excluding hydrogens is 402 g/mol. The lowest BCUT2D eigenvalue weighted by molar-refractivity contribution is -0.137. The first kappa shape index (κ1) is 21.6. The lowest BCUT2D eigenvalue weighted by Gasteiger charge is -2.26. The zero-order valence-electron chi connectivity index (χ0n) is 17.6. The molecule has 0 bridgehead atoms. The molecule has 4 rings (SSSR count). The van der Waals surface area contributed by atoms with E-state index in [1.165, 1.54) is 0 Å². The van der Waals surface area contributed by atoms with Crippen molar-refractivity contribution in [2.75, 3.05) is 57.5 Å². The zero-order valence-corrected chi connectivity index (χ0v) is 17.6. The highest BCUT2D eigenvalue weighted by Gasteiger charge is 2.35. The maximum absolute atomic E-state index is 12.5. The molecule has 1 aromatic carbocycles. The van der Waals surface area contributed by atoms with Gasteiger partial charge in [0.05, 0.1) is 25.2 Å². The Morgan fingerprint density at radius 1 is 1.13 bits per heavy atom. The summed E-state index contributed by atoms with van der Waals surface area (Å²) >= 11 is 0. The highest BCUT2D eigenvalue weighted by molar-refractivity contribution is 6.00. The van der Waals surface area contributed by atoms with Crippen LogP contribution in [0, 0.1) is 5.92 Å². The molecule has 0 radical (unpaired) electrons. The van der Waals surface area contributed by atoms with Gasteiger partial charge in [0.25, 0.3) is 5.91 Å². The Morgan fingerprint density at radius 2 is 1.90 bits per heavy atom. The summed E-state index contributed by atoms with van der Waals surface area (Å²) in [4.78, 5) is 40.4. The van der Waals surface area contributed by atoms with Crippen molar-refractivity contribution in [3.05, 3.63) is 24.3 Å². The van der Waals surface area contributed by atoms with E-state index >= 15 is 0 Å². The van der Waals surface area contributed by atoms with Gasteiger partial charge in [-0.3, -0.25) is 14.4 Å². The van der Waals surface area contributed by atoms with Gasteiger partial charge in [-0.05, 0) is 37.1 Å². The van der Waals surface area contributed by atoms with Gasteiger partial charge in [0, 0.05) is 44.9 Å². The maximum Gasteiger partial charge on any atom is 0.260 e. The third-order valence-electron chi connectivity index (χ3n) is 5.90. The normalized spacial score (nSPS) is 23.8. The number of morpholine rings is 1. The van der Waals surface area contributed by atoms with Crippen LogP contribution < -0.4 is 15.0 Å². The number of hydrogen-bond acceptors (Lipinski definition) is 6. The predicted octanol–water partition coefficient (Wildman–Crippen LogP) is 0.572. The minimum atomic E-state index is -0.365. The predicted molar refractivity (Wildman–Crippen MR) is 112 cm³/mol. The Bertz CT molecular complexity index is 787. The van der Waals surface area contributed by atoms with Crippen LogP contribution in [0.2, 0.25) is 0 Å². The van der Waals surface area contributed by atoms with Crippen LogP contribution in [0.5, 0.6) is 5.75 Å². The minimum absolute atomic E-state index is 0.0328. The van der Waals surface area contributed by atoms with Gasteiger partial charge < -0.3 is 29.3 Å². The van der Waals surface area contributed by atoms with Gasteiger partial charge in [0.1, 0.15) is 5.75 Å². The summed E-state index contributed by atoms with van der Waals surface area (Å²) in [7, 11) is 0. The Kier molecular flexibility index (Phi) is 7.03. The van der Waals surface area contributed by atoms with Crippen LogP contribution in [0.4, 0.5) is 5.69 Å². The van der Waals surface area contributed by atoms with Gasteiger partial charge in [0.2, 0.25) is 11.8 Å². The number of anilines is 1. The van der Waals surface area contributed by atoms with Crippen molar-refractivity contribution in [3.8, 4) is 5.75 Å². The van der Waals surface area contributed by atoms with Gasteiger partial charge in [-0.2, -0.15) is 0 Å². The zero-order chi connectivity index (χ0) is 21.6. The van der Waals surface area contributed by atoms with Crippen LogP contribution in [0.1, 0.15) is 19.3 Å². The number of hydrogen-bond donors (Lipinski definition) is 1. The second-order valence-electron chi connectivity index (χ2n) is 8.06. The standard InChI is InChI=1S/C22H29N3O6/c26-20-12-16(22(28)23-13-19-2-1-9-30-19)14-25(20)17-3-5-18(6-4-17)31-15-21(27)24-7-10-29-11-8-24/h3-6,16,19H,1-2,7-15H2,(H,23,28)/t16-,19-/m1/s1. The second kappa shape index (κ2) is 10.1. The molecule has 0 saturated carbocycles. The molecule has 3 aliphatic rings. The first-order valence-electron chi connectivity index (χ1n) is 10.9. The number of nitrogens with zero attached hydrogens (tertiary/aromatic N) is 2. The number of carbonyl (C=O) groups is 3. The molecule has 3 amide bonds. The summed E-state index contributed by atoms with van der Waals surface area (Å²) in [5.41, 5.74) is 0.714. The van der Waals surface area contributed by atoms with Crippen LogP contribution in [0.3, 0.4) is 0 Å². The van der Waals surface area contributed by atoms with Crippen LogP contribution in [-0.4, -0.2) is 81.3 Å². The molecule has 9 heteroatoms. The molecule has 3 saturated heterocycles. The lowest BCUT2D eigenvalue weighted by Crippen LogP contribution is -2.42. The molecule has 0 unspecified atom stereocenters. The summed E-state index contributed by atoms with van der Waals surface area (Å²) in [5.74, 6) is -0.0563. The van der Waals surface area contributed by atoms with Crippen molar-refractivity contribution in [2.45, 2.75) is 25.4 Å². The Balaban J connectivity index is 1.25. The van der Waals surface area contributed by atoms with Gasteiger partial charge >= 0.3 is 0 Å². The third-order valence-corrected chi connectivity index (χ3v) is 5.90. The molecule has 31 heavy (non-hydrogen) atoms. The van der Waals surface area contributed by atoms with E-state index in [9.17, 15) is 14.4 Å². The summed E-state index contributed by atoms with van der Waals surface area (Å²) in [6, 6.07) is 7.03. The van der Waals surface area contributed by atoms with Gasteiger partial charge in [-0.25, -0.2) is 0 Å². The van der Waals surface area contributed by atoms with Gasteiger partial charge in [0.15, 0.2) is 6.61 Å². The molecule has 3 fully saturated rings. The average Bonchev–Trinajstić information content (AvgIpc) is 3.46. The van der Waals surface area contributed by atoms with Crippen LogP contribution in [0.15, 0.2) is 24.3 Å². The molecule has 9 nitrogen and oxygen atoms in total. The molecule has 3 aliphatic heterocycles. The van der Waals surface area contributed by atoms with Crippen LogP contribution >= 0.6 is 0 Å². The number of amides is 3. The maximum atomic E-state index is 12.5. The smallest absolute Gasteiger partial charge is 0.260 e. The molecule has 1 N–H and O–H groups in total. The summed E-state index contributed by atoms with van der Waals surface area (Å²) in [6.45, 7) is 3.84. The number of ether oxygens (including phenoxy) is 3. The summed E-state index contributed by atoms with van der Waals surface area (Å²) in [6.07, 6.45) is 2.27. The SMILES string of the molecule is O=C(NC[C@H]1CCCO1)[C@@H]1CC(=O)N(c2ccc(OCC(=O)N3CCOCC3)cc2)C1. The van der Waals surface area contributed by atoms with E-state index in [1.54, 1.807) is 34.1 Å². The molecule has 0 aliphatic carbocycles. The van der Waals surface area contributed by atoms with Crippen molar-refractivity contribution in [1.82, 2.24) is 10.2 Å². The summed E-state index contributed by atoms with van der Waals surface area (Å²) < 4.78 is 16.4. The molecule has 1 aromatic rings. The van der Waals surface area contributed by atoms with Gasteiger partial charge in [-0.15, -0.1) is 0 Å². The molecule has 0 aromatic heterocycles. The Morgan fingerprint density at radius 3 is 2.61 bits per heavy atom. The fraction of sp³-hybridized carbons (Fsp3) is 0.591. The van der Waals surface area contributed by atoms with Crippen molar-refractivity contribution in [1.29, 1.82) is 0 Å². The fourth-order valence-corrected chi connectivity index (χ4v) is 4.07. The number of carbonyl (C=O) groups excluding carboxylic acids is 3. The average molecular weight is 431 g/mol. The van der Waals surface area contributed by atoms with Crippen LogP contribution in [-0.2, 0) is 23.9 Å². The van der Waals surface area contributed by atoms with E-state index in [-0.39, 0.29) is 42.8 Å². The van der Waals surface area contributed by atoms with Crippen molar-refractivity contribution < 1.29 is 28.6 Å². The van der Waals surface area contributed by atoms with E-state index in [4.69, 9.17) is 14.2 Å². The number of rotatable bonds is 7. The molecule has 3 heterocycles. The Hall–Kier alpha value is -2.65.